The summed E-state index contributed by atoms with van der Waals surface area (Å²) >= 11 is 0. The first-order chi connectivity index (χ1) is 11.1. The molecule has 0 unspecified atom stereocenters. The second kappa shape index (κ2) is 8.34. The van der Waals surface area contributed by atoms with Gasteiger partial charge in [0.15, 0.2) is 0 Å². The molecule has 0 fully saturated rings. The molecule has 0 bridgehead atoms. The van der Waals surface area contributed by atoms with E-state index >= 15 is 0 Å². The van der Waals surface area contributed by atoms with E-state index in [9.17, 15) is 4.79 Å². The lowest BCUT2D eigenvalue weighted by atomic mass is 10.0. The van der Waals surface area contributed by atoms with Crippen molar-refractivity contribution in [2.24, 2.45) is 0 Å². The second-order valence-corrected chi connectivity index (χ2v) is 5.60. The third kappa shape index (κ3) is 5.11. The summed E-state index contributed by atoms with van der Waals surface area (Å²) in [6.45, 7) is 5.31. The fraction of sp³-hybridized carbons (Fsp3) is 0.316. The molecule has 1 N–H and O–H groups in total. The van der Waals surface area contributed by atoms with Gasteiger partial charge in [0.1, 0.15) is 12.4 Å². The van der Waals surface area contributed by atoms with E-state index in [0.29, 0.717) is 24.7 Å². The Morgan fingerprint density at radius 2 is 1.65 bits per heavy atom. The second-order valence-electron chi connectivity index (χ2n) is 5.60. The Morgan fingerprint density at radius 3 is 2.22 bits per heavy atom. The first-order valence-electron chi connectivity index (χ1n) is 7.73. The Kier molecular flexibility index (Phi) is 6.18. The van der Waals surface area contributed by atoms with E-state index in [0.717, 1.165) is 11.4 Å². The lowest BCUT2D eigenvalue weighted by molar-refractivity contribution is 0.102. The van der Waals surface area contributed by atoms with Gasteiger partial charge in [-0.1, -0.05) is 26.0 Å². The Bertz CT molecular complexity index is 618. The molecule has 1 amide bonds. The zero-order chi connectivity index (χ0) is 16.7. The monoisotopic (exact) mass is 313 g/mol. The van der Waals surface area contributed by atoms with E-state index in [2.05, 4.69) is 19.2 Å². The van der Waals surface area contributed by atoms with Crippen LogP contribution in [0.1, 0.15) is 35.7 Å². The van der Waals surface area contributed by atoms with Crippen molar-refractivity contribution in [3.05, 3.63) is 59.7 Å². The highest BCUT2D eigenvalue weighted by Gasteiger charge is 2.07. The van der Waals surface area contributed by atoms with Gasteiger partial charge in [0.2, 0.25) is 0 Å². The maximum Gasteiger partial charge on any atom is 0.255 e. The van der Waals surface area contributed by atoms with Crippen LogP contribution in [0.4, 0.5) is 5.69 Å². The normalized spacial score (nSPS) is 10.6. The van der Waals surface area contributed by atoms with E-state index in [1.54, 1.807) is 7.11 Å². The quantitative estimate of drug-likeness (QED) is 0.783. The molecule has 4 heteroatoms. The Labute approximate surface area is 137 Å². The van der Waals surface area contributed by atoms with Gasteiger partial charge in [0.25, 0.3) is 5.91 Å². The molecule has 0 aromatic heterocycles. The third-order valence-electron chi connectivity index (χ3n) is 3.51. The van der Waals surface area contributed by atoms with Gasteiger partial charge in [-0.25, -0.2) is 0 Å². The predicted octanol–water partition coefficient (Wildman–Crippen LogP) is 4.09. The van der Waals surface area contributed by atoms with Crippen molar-refractivity contribution in [1.82, 2.24) is 0 Å². The van der Waals surface area contributed by atoms with E-state index in [1.807, 2.05) is 48.5 Å². The molecule has 2 rings (SSSR count). The van der Waals surface area contributed by atoms with Gasteiger partial charge in [-0.15, -0.1) is 0 Å². The van der Waals surface area contributed by atoms with Gasteiger partial charge in [-0.3, -0.25) is 4.79 Å². The zero-order valence-electron chi connectivity index (χ0n) is 13.8. The standard InChI is InChI=1S/C19H23NO3/c1-14(2)15-4-6-16(7-5-15)19(21)20-17-8-10-18(11-9-17)23-13-12-22-3/h4-11,14H,12-13H2,1-3H3,(H,20,21). The highest BCUT2D eigenvalue weighted by atomic mass is 16.5. The van der Waals surface area contributed by atoms with Crippen molar-refractivity contribution in [2.45, 2.75) is 19.8 Å². The molecule has 122 valence electrons. The summed E-state index contributed by atoms with van der Waals surface area (Å²) in [6, 6.07) is 15.0. The summed E-state index contributed by atoms with van der Waals surface area (Å²) in [6.07, 6.45) is 0. The van der Waals surface area contributed by atoms with Crippen LogP contribution in [-0.2, 0) is 4.74 Å². The van der Waals surface area contributed by atoms with E-state index in [4.69, 9.17) is 9.47 Å². The number of rotatable bonds is 7. The molecule has 2 aromatic carbocycles. The third-order valence-corrected chi connectivity index (χ3v) is 3.51. The Balaban J connectivity index is 1.94. The summed E-state index contributed by atoms with van der Waals surface area (Å²) in [5.74, 6) is 1.09. The number of anilines is 1. The molecule has 23 heavy (non-hydrogen) atoms. The van der Waals surface area contributed by atoms with Gasteiger partial charge < -0.3 is 14.8 Å². The first-order valence-corrected chi connectivity index (χ1v) is 7.73. The first kappa shape index (κ1) is 17.0. The van der Waals surface area contributed by atoms with Crippen molar-refractivity contribution in [2.75, 3.05) is 25.6 Å². The van der Waals surface area contributed by atoms with Gasteiger partial charge >= 0.3 is 0 Å². The average Bonchev–Trinajstić information content (AvgIpc) is 2.56. The van der Waals surface area contributed by atoms with Gasteiger partial charge in [0.05, 0.1) is 6.61 Å². The van der Waals surface area contributed by atoms with Crippen LogP contribution in [0.2, 0.25) is 0 Å². The number of ether oxygens (including phenoxy) is 2. The van der Waals surface area contributed by atoms with Gasteiger partial charge in [-0.2, -0.15) is 0 Å². The molecule has 0 heterocycles. The minimum atomic E-state index is -0.117. The molecule has 0 aliphatic rings. The van der Waals surface area contributed by atoms with Crippen molar-refractivity contribution in [3.63, 3.8) is 0 Å². The highest BCUT2D eigenvalue weighted by Crippen LogP contribution is 2.18. The minimum Gasteiger partial charge on any atom is -0.491 e. The van der Waals surface area contributed by atoms with Crippen molar-refractivity contribution < 1.29 is 14.3 Å². The molecule has 0 spiro atoms. The SMILES string of the molecule is COCCOc1ccc(NC(=O)c2ccc(C(C)C)cc2)cc1. The van der Waals surface area contributed by atoms with Crippen molar-refractivity contribution >= 4 is 11.6 Å². The summed E-state index contributed by atoms with van der Waals surface area (Å²) in [7, 11) is 1.63. The number of hydrogen-bond acceptors (Lipinski definition) is 3. The number of carbonyl (C=O) groups is 1. The minimum absolute atomic E-state index is 0.117. The molecule has 0 atom stereocenters. The molecular weight excluding hydrogens is 290 g/mol. The van der Waals surface area contributed by atoms with Crippen molar-refractivity contribution in [3.8, 4) is 5.75 Å². The van der Waals surface area contributed by atoms with Crippen LogP contribution in [0.15, 0.2) is 48.5 Å². The lowest BCUT2D eigenvalue weighted by Crippen LogP contribution is -2.12. The van der Waals surface area contributed by atoms with E-state index in [1.165, 1.54) is 5.56 Å². The molecule has 0 aliphatic heterocycles. The molecule has 0 saturated carbocycles. The van der Waals surface area contributed by atoms with Crippen LogP contribution >= 0.6 is 0 Å². The number of hydrogen-bond donors (Lipinski definition) is 1. The number of benzene rings is 2. The summed E-state index contributed by atoms with van der Waals surface area (Å²) in [5, 5.41) is 2.88. The van der Waals surface area contributed by atoms with Crippen LogP contribution < -0.4 is 10.1 Å². The number of amides is 1. The Hall–Kier alpha value is -2.33. The van der Waals surface area contributed by atoms with Crippen LogP contribution in [0.25, 0.3) is 0 Å². The lowest BCUT2D eigenvalue weighted by Gasteiger charge is -2.09. The Morgan fingerprint density at radius 1 is 1.00 bits per heavy atom. The fourth-order valence-electron chi connectivity index (χ4n) is 2.10. The van der Waals surface area contributed by atoms with Gasteiger partial charge in [-0.05, 0) is 47.9 Å². The van der Waals surface area contributed by atoms with Gasteiger partial charge in [0, 0.05) is 18.4 Å². The highest BCUT2D eigenvalue weighted by molar-refractivity contribution is 6.04. The summed E-state index contributed by atoms with van der Waals surface area (Å²) < 4.78 is 10.4. The molecule has 0 aliphatic carbocycles. The van der Waals surface area contributed by atoms with Crippen LogP contribution in [-0.4, -0.2) is 26.2 Å². The maximum absolute atomic E-state index is 12.2. The maximum atomic E-state index is 12.2. The smallest absolute Gasteiger partial charge is 0.255 e. The molecule has 4 nitrogen and oxygen atoms in total. The molecule has 0 radical (unpaired) electrons. The largest absolute Gasteiger partial charge is 0.491 e. The van der Waals surface area contributed by atoms with E-state index < -0.39 is 0 Å². The number of methoxy groups -OCH3 is 1. The predicted molar refractivity (Wildman–Crippen MR) is 92.3 cm³/mol. The molecule has 2 aromatic rings. The van der Waals surface area contributed by atoms with Crippen LogP contribution in [0.3, 0.4) is 0 Å². The zero-order valence-corrected chi connectivity index (χ0v) is 13.8. The summed E-state index contributed by atoms with van der Waals surface area (Å²) in [5.41, 5.74) is 2.61. The fourth-order valence-corrected chi connectivity index (χ4v) is 2.10. The number of nitrogens with one attached hydrogen (secondary N) is 1. The summed E-state index contributed by atoms with van der Waals surface area (Å²) in [4.78, 5) is 12.2. The number of carbonyl (C=O) groups excluding carboxylic acids is 1. The topological polar surface area (TPSA) is 47.6 Å². The van der Waals surface area contributed by atoms with Crippen molar-refractivity contribution in [1.29, 1.82) is 0 Å². The van der Waals surface area contributed by atoms with E-state index in [-0.39, 0.29) is 5.91 Å². The average molecular weight is 313 g/mol. The van der Waals surface area contributed by atoms with Crippen LogP contribution in [0.5, 0.6) is 5.75 Å². The molecule has 0 saturated heterocycles. The van der Waals surface area contributed by atoms with Crippen LogP contribution in [0, 0.1) is 0 Å². The molecular formula is C19H23NO3.